The van der Waals surface area contributed by atoms with Crippen molar-refractivity contribution in [1.29, 1.82) is 0 Å². The first kappa shape index (κ1) is 21.4. The number of thioether (sulfide) groups is 1. The van der Waals surface area contributed by atoms with E-state index >= 15 is 0 Å². The predicted octanol–water partition coefficient (Wildman–Crippen LogP) is 3.82. The highest BCUT2D eigenvalue weighted by molar-refractivity contribution is 8.01. The zero-order valence-electron chi connectivity index (χ0n) is 16.5. The Morgan fingerprint density at radius 1 is 1.48 bits per heavy atom. The molecule has 1 aromatic heterocycles. The molecule has 29 heavy (non-hydrogen) atoms. The second-order valence-corrected chi connectivity index (χ2v) is 9.21. The number of likely N-dealkylation sites (tertiary alicyclic amines) is 1. The molecule has 0 spiro atoms. The fraction of sp³-hybridized carbons (Fsp3) is 0.450. The molecular formula is C20H25N3O4S2. The molecule has 2 aromatic rings. The molecular weight excluding hydrogens is 410 g/mol. The van der Waals surface area contributed by atoms with Crippen LogP contribution < -0.4 is 10.1 Å². The molecule has 1 aliphatic rings. The number of carbonyl (C=O) groups is 2. The molecule has 2 N–H and O–H groups in total. The number of carboxylic acid groups (broad SMARTS) is 1. The lowest BCUT2D eigenvalue weighted by molar-refractivity contribution is -0.128. The van der Waals surface area contributed by atoms with E-state index in [4.69, 9.17) is 9.84 Å². The largest absolute Gasteiger partial charge is 0.491 e. The minimum Gasteiger partial charge on any atom is -0.491 e. The van der Waals surface area contributed by atoms with Gasteiger partial charge in [-0.05, 0) is 32.4 Å². The van der Waals surface area contributed by atoms with Crippen molar-refractivity contribution in [2.24, 2.45) is 0 Å². The number of aromatic nitrogens is 1. The number of hydrogen-bond acceptors (Lipinski definition) is 7. The van der Waals surface area contributed by atoms with E-state index in [0.29, 0.717) is 29.6 Å². The first-order valence-electron chi connectivity index (χ1n) is 9.54. The number of nitrogens with one attached hydrogen (secondary N) is 1. The molecule has 0 bridgehead atoms. The van der Waals surface area contributed by atoms with Gasteiger partial charge in [0.2, 0.25) is 5.91 Å². The number of nitrogens with zero attached hydrogens (tertiary/aromatic N) is 2. The van der Waals surface area contributed by atoms with Crippen molar-refractivity contribution < 1.29 is 19.4 Å². The van der Waals surface area contributed by atoms with Crippen LogP contribution in [0.5, 0.6) is 5.75 Å². The normalized spacial score (nSPS) is 16.4. The lowest BCUT2D eigenvalue weighted by atomic mass is 10.2. The van der Waals surface area contributed by atoms with Crippen LogP contribution in [-0.4, -0.2) is 57.9 Å². The molecule has 156 valence electrons. The van der Waals surface area contributed by atoms with Crippen LogP contribution in [0.15, 0.2) is 34.0 Å². The molecule has 7 nitrogen and oxygen atoms in total. The van der Waals surface area contributed by atoms with Gasteiger partial charge >= 0.3 is 5.97 Å². The SMILES string of the molecule is CC(C)Oc1cccc(NC[C@H]2CCC(=O)N2CCSc2nc(C(=O)O)cs2)c1. The lowest BCUT2D eigenvalue weighted by Crippen LogP contribution is -2.39. The summed E-state index contributed by atoms with van der Waals surface area (Å²) in [7, 11) is 0. The number of carboxylic acids is 1. The molecule has 1 amide bonds. The molecule has 0 unspecified atom stereocenters. The highest BCUT2D eigenvalue weighted by atomic mass is 32.2. The molecule has 1 atom stereocenters. The molecule has 1 aromatic carbocycles. The number of carbonyl (C=O) groups excluding carboxylic acids is 1. The summed E-state index contributed by atoms with van der Waals surface area (Å²) in [6.45, 7) is 5.29. The molecule has 9 heteroatoms. The molecule has 0 aliphatic carbocycles. The number of aromatic carboxylic acids is 1. The number of hydrogen-bond donors (Lipinski definition) is 2. The van der Waals surface area contributed by atoms with Gasteiger partial charge < -0.3 is 20.1 Å². The number of amides is 1. The van der Waals surface area contributed by atoms with Crippen molar-refractivity contribution in [3.63, 3.8) is 0 Å². The maximum atomic E-state index is 12.3. The van der Waals surface area contributed by atoms with E-state index in [9.17, 15) is 9.59 Å². The fourth-order valence-electron chi connectivity index (χ4n) is 3.15. The van der Waals surface area contributed by atoms with Crippen LogP contribution in [0.25, 0.3) is 0 Å². The molecule has 2 heterocycles. The highest BCUT2D eigenvalue weighted by Gasteiger charge is 2.30. The van der Waals surface area contributed by atoms with E-state index in [1.807, 2.05) is 43.0 Å². The van der Waals surface area contributed by atoms with E-state index in [-0.39, 0.29) is 23.7 Å². The van der Waals surface area contributed by atoms with Crippen molar-refractivity contribution in [3.05, 3.63) is 35.3 Å². The fourth-order valence-corrected chi connectivity index (χ4v) is 4.96. The van der Waals surface area contributed by atoms with Crippen LogP contribution in [-0.2, 0) is 4.79 Å². The van der Waals surface area contributed by atoms with Gasteiger partial charge in [-0.25, -0.2) is 9.78 Å². The minimum atomic E-state index is -1.02. The Hall–Kier alpha value is -2.26. The zero-order chi connectivity index (χ0) is 20.8. The Kier molecular flexibility index (Phi) is 7.38. The van der Waals surface area contributed by atoms with Gasteiger partial charge in [0, 0.05) is 48.4 Å². The molecule has 1 aliphatic heterocycles. The maximum Gasteiger partial charge on any atom is 0.355 e. The Morgan fingerprint density at radius 2 is 2.31 bits per heavy atom. The van der Waals surface area contributed by atoms with E-state index in [0.717, 1.165) is 17.9 Å². The van der Waals surface area contributed by atoms with E-state index in [2.05, 4.69) is 10.3 Å². The lowest BCUT2D eigenvalue weighted by Gasteiger charge is -2.25. The third kappa shape index (κ3) is 6.11. The number of anilines is 1. The standard InChI is InChI=1S/C20H25N3O4S2/c1-13(2)27-16-5-3-4-14(10-16)21-11-15-6-7-18(24)23(15)8-9-28-20-22-17(12-29-20)19(25)26/h3-5,10,12-13,15,21H,6-9,11H2,1-2H3,(H,25,26)/t15-/m1/s1. The van der Waals surface area contributed by atoms with E-state index in [1.54, 1.807) is 0 Å². The van der Waals surface area contributed by atoms with Crippen LogP contribution >= 0.6 is 23.1 Å². The highest BCUT2D eigenvalue weighted by Crippen LogP contribution is 2.25. The molecule has 0 saturated carbocycles. The molecule has 1 saturated heterocycles. The van der Waals surface area contributed by atoms with Crippen LogP contribution in [0, 0.1) is 0 Å². The van der Waals surface area contributed by atoms with Crippen LogP contribution in [0.2, 0.25) is 0 Å². The van der Waals surface area contributed by atoms with Gasteiger partial charge in [0.05, 0.1) is 6.10 Å². The summed E-state index contributed by atoms with van der Waals surface area (Å²) in [6, 6.07) is 7.99. The monoisotopic (exact) mass is 435 g/mol. The van der Waals surface area contributed by atoms with E-state index < -0.39 is 5.97 Å². The van der Waals surface area contributed by atoms with Gasteiger partial charge in [0.15, 0.2) is 10.0 Å². The first-order valence-corrected chi connectivity index (χ1v) is 11.4. The van der Waals surface area contributed by atoms with Crippen molar-refractivity contribution in [3.8, 4) is 5.75 Å². The van der Waals surface area contributed by atoms with E-state index in [1.165, 1.54) is 28.5 Å². The van der Waals surface area contributed by atoms with Gasteiger partial charge in [0.1, 0.15) is 5.75 Å². The summed E-state index contributed by atoms with van der Waals surface area (Å²) in [5.74, 6) is 0.661. The summed E-state index contributed by atoms with van der Waals surface area (Å²) in [5.41, 5.74) is 1.04. The average molecular weight is 436 g/mol. The zero-order valence-corrected chi connectivity index (χ0v) is 18.1. The van der Waals surface area contributed by atoms with Crippen LogP contribution in [0.4, 0.5) is 5.69 Å². The van der Waals surface area contributed by atoms with Gasteiger partial charge in [-0.2, -0.15) is 0 Å². The first-order chi connectivity index (χ1) is 13.9. The predicted molar refractivity (Wildman–Crippen MR) is 115 cm³/mol. The summed E-state index contributed by atoms with van der Waals surface area (Å²) < 4.78 is 6.44. The average Bonchev–Trinajstić information content (AvgIpc) is 3.28. The van der Waals surface area contributed by atoms with Crippen LogP contribution in [0.3, 0.4) is 0 Å². The smallest absolute Gasteiger partial charge is 0.355 e. The summed E-state index contributed by atoms with van der Waals surface area (Å²) >= 11 is 2.80. The number of ether oxygens (including phenoxy) is 1. The van der Waals surface area contributed by atoms with Crippen molar-refractivity contribution >= 4 is 40.7 Å². The van der Waals surface area contributed by atoms with Gasteiger partial charge in [0.25, 0.3) is 0 Å². The second kappa shape index (κ2) is 9.98. The van der Waals surface area contributed by atoms with Crippen molar-refractivity contribution in [1.82, 2.24) is 9.88 Å². The second-order valence-electron chi connectivity index (χ2n) is 7.01. The third-order valence-electron chi connectivity index (χ3n) is 4.46. The van der Waals surface area contributed by atoms with Crippen LogP contribution in [0.1, 0.15) is 37.2 Å². The molecule has 3 rings (SSSR count). The maximum absolute atomic E-state index is 12.3. The molecule has 0 radical (unpaired) electrons. The third-order valence-corrected chi connectivity index (χ3v) is 6.46. The minimum absolute atomic E-state index is 0.0699. The van der Waals surface area contributed by atoms with Gasteiger partial charge in [-0.3, -0.25) is 4.79 Å². The molecule has 1 fully saturated rings. The number of benzene rings is 1. The quantitative estimate of drug-likeness (QED) is 0.548. The van der Waals surface area contributed by atoms with Gasteiger partial charge in [-0.1, -0.05) is 17.8 Å². The summed E-state index contributed by atoms with van der Waals surface area (Å²) in [4.78, 5) is 29.2. The topological polar surface area (TPSA) is 91.8 Å². The van der Waals surface area contributed by atoms with Crippen molar-refractivity contribution in [2.45, 2.75) is 43.2 Å². The number of thiazole rings is 1. The van der Waals surface area contributed by atoms with Gasteiger partial charge in [-0.15, -0.1) is 11.3 Å². The Morgan fingerprint density at radius 3 is 3.03 bits per heavy atom. The number of rotatable bonds is 10. The van der Waals surface area contributed by atoms with Crippen molar-refractivity contribution in [2.75, 3.05) is 24.2 Å². The Balaban J connectivity index is 1.50. The summed E-state index contributed by atoms with van der Waals surface area (Å²) in [5, 5.41) is 13.9. The Bertz CT molecular complexity index is 856. The Labute approximate surface area is 178 Å². The summed E-state index contributed by atoms with van der Waals surface area (Å²) in [6.07, 6.45) is 1.52.